The number of carboxylic acid groups (broad SMARTS) is 1. The van der Waals surface area contributed by atoms with Gasteiger partial charge in [-0.2, -0.15) is 13.2 Å². The number of rotatable bonds is 5. The van der Waals surface area contributed by atoms with Crippen LogP contribution in [0.4, 0.5) is 22.0 Å². The molecule has 1 saturated heterocycles. The predicted molar refractivity (Wildman–Crippen MR) is 140 cm³/mol. The second-order valence-electron chi connectivity index (χ2n) is 11.7. The van der Waals surface area contributed by atoms with Gasteiger partial charge in [-0.3, -0.25) is 4.79 Å². The fourth-order valence-electron chi connectivity index (χ4n) is 7.07. The van der Waals surface area contributed by atoms with Crippen molar-refractivity contribution in [3.8, 4) is 0 Å². The molecule has 1 saturated carbocycles. The molecule has 216 valence electrons. The van der Waals surface area contributed by atoms with Crippen molar-refractivity contribution in [1.29, 1.82) is 0 Å². The van der Waals surface area contributed by atoms with Crippen LogP contribution in [0.25, 0.3) is 0 Å². The number of carbonyl (C=O) groups is 2. The highest BCUT2D eigenvalue weighted by Gasteiger charge is 2.56. The van der Waals surface area contributed by atoms with Crippen LogP contribution in [0, 0.1) is 5.92 Å². The maximum Gasteiger partial charge on any atom is 0.426 e. The predicted octanol–water partition coefficient (Wildman–Crippen LogP) is 7.10. The maximum absolute atomic E-state index is 14.9. The van der Waals surface area contributed by atoms with E-state index in [2.05, 4.69) is 0 Å². The molecule has 3 atom stereocenters. The Morgan fingerprint density at radius 3 is 2.38 bits per heavy atom. The van der Waals surface area contributed by atoms with Crippen LogP contribution in [0.1, 0.15) is 67.7 Å². The molecule has 4 nitrogen and oxygen atoms in total. The third kappa shape index (κ3) is 4.78. The van der Waals surface area contributed by atoms with Crippen LogP contribution in [-0.2, 0) is 33.5 Å². The Morgan fingerprint density at radius 1 is 1.05 bits per heavy atom. The molecule has 2 aliphatic carbocycles. The van der Waals surface area contributed by atoms with Crippen LogP contribution >= 0.6 is 11.6 Å². The third-order valence-electron chi connectivity index (χ3n) is 9.42. The molecular formula is C30H31ClF5NO3. The Kier molecular flexibility index (Phi) is 7.21. The van der Waals surface area contributed by atoms with Crippen LogP contribution in [0.15, 0.2) is 42.5 Å². The average molecular weight is 584 g/mol. The second kappa shape index (κ2) is 10.00. The SMILES string of the molecule is CC(F)(c1ccc2c(c1)CCC1N(C(=O)[C@H]3CC[C@](F)(C(=O)O)CC3)CCC21Cc1cccc(Cl)c1)C(F)(F)F. The summed E-state index contributed by atoms with van der Waals surface area (Å²) in [6, 6.07) is 11.1. The van der Waals surface area contributed by atoms with E-state index in [4.69, 9.17) is 11.6 Å². The number of fused-ring (bicyclic) bond motifs is 3. The van der Waals surface area contributed by atoms with Gasteiger partial charge in [-0.25, -0.2) is 13.6 Å². The average Bonchev–Trinajstić information content (AvgIpc) is 3.27. The molecule has 0 spiro atoms. The van der Waals surface area contributed by atoms with Crippen molar-refractivity contribution in [2.24, 2.45) is 5.92 Å². The van der Waals surface area contributed by atoms with Crippen molar-refractivity contribution >= 4 is 23.5 Å². The minimum Gasteiger partial charge on any atom is -0.479 e. The number of hydrogen-bond acceptors (Lipinski definition) is 2. The molecule has 10 heteroatoms. The van der Waals surface area contributed by atoms with Gasteiger partial charge < -0.3 is 10.0 Å². The number of amides is 1. The summed E-state index contributed by atoms with van der Waals surface area (Å²) >= 11 is 6.26. The molecule has 2 aromatic rings. The lowest BCUT2D eigenvalue weighted by Gasteiger charge is -2.45. The van der Waals surface area contributed by atoms with E-state index in [0.29, 0.717) is 49.7 Å². The fourth-order valence-corrected chi connectivity index (χ4v) is 7.28. The van der Waals surface area contributed by atoms with Crippen molar-refractivity contribution in [2.45, 2.75) is 87.3 Å². The van der Waals surface area contributed by atoms with Crippen LogP contribution in [0.3, 0.4) is 0 Å². The zero-order valence-electron chi connectivity index (χ0n) is 22.0. The van der Waals surface area contributed by atoms with Gasteiger partial charge in [0.2, 0.25) is 17.2 Å². The smallest absolute Gasteiger partial charge is 0.426 e. The Hall–Kier alpha value is -2.68. The zero-order valence-corrected chi connectivity index (χ0v) is 22.8. The van der Waals surface area contributed by atoms with Crippen LogP contribution in [0.5, 0.6) is 0 Å². The molecule has 1 aliphatic heterocycles. The topological polar surface area (TPSA) is 57.6 Å². The fraction of sp³-hybridized carbons (Fsp3) is 0.533. The Labute approximate surface area is 234 Å². The minimum absolute atomic E-state index is 0.138. The molecule has 1 amide bonds. The van der Waals surface area contributed by atoms with Gasteiger partial charge in [0.25, 0.3) is 0 Å². The van der Waals surface area contributed by atoms with Crippen molar-refractivity contribution in [3.05, 3.63) is 69.7 Å². The number of nitrogens with zero attached hydrogens (tertiary/aromatic N) is 1. The number of alkyl halides is 5. The van der Waals surface area contributed by atoms with Crippen molar-refractivity contribution < 1.29 is 36.6 Å². The van der Waals surface area contributed by atoms with Gasteiger partial charge in [0.1, 0.15) is 0 Å². The summed E-state index contributed by atoms with van der Waals surface area (Å²) in [7, 11) is 0. The van der Waals surface area contributed by atoms with Gasteiger partial charge in [-0.05, 0) is 92.7 Å². The van der Waals surface area contributed by atoms with Gasteiger partial charge in [0.05, 0.1) is 0 Å². The third-order valence-corrected chi connectivity index (χ3v) is 9.65. The summed E-state index contributed by atoms with van der Waals surface area (Å²) in [5.74, 6) is -2.13. The number of aliphatic carboxylic acids is 1. The van der Waals surface area contributed by atoms with Crippen LogP contribution in [0.2, 0.25) is 5.02 Å². The number of halogens is 6. The normalized spacial score (nSPS) is 29.8. The van der Waals surface area contributed by atoms with Crippen LogP contribution < -0.4 is 0 Å². The summed E-state index contributed by atoms with van der Waals surface area (Å²) in [5.41, 5.74) is -4.54. The highest BCUT2D eigenvalue weighted by Crippen LogP contribution is 2.52. The summed E-state index contributed by atoms with van der Waals surface area (Å²) < 4.78 is 70.0. The lowest BCUT2D eigenvalue weighted by atomic mass is 9.63. The van der Waals surface area contributed by atoms with E-state index >= 15 is 0 Å². The van der Waals surface area contributed by atoms with Gasteiger partial charge in [0, 0.05) is 28.9 Å². The molecule has 2 aromatic carbocycles. The standard InChI is InChI=1S/C30H31ClF5NO3/c1-27(32,30(34,35)36)21-6-7-23-20(16-21)5-8-24-28(23,17-18-3-2-4-22(31)15-18)13-14-37(24)25(38)19-9-11-29(33,12-10-19)26(39)40/h2-4,6-7,15-16,19,24H,5,8-14,17H2,1H3,(H,39,40)/t19-,24?,27?,28?,29+. The van der Waals surface area contributed by atoms with Gasteiger partial charge in [-0.15, -0.1) is 0 Å². The zero-order chi connectivity index (χ0) is 29.1. The molecule has 1 heterocycles. The maximum atomic E-state index is 14.9. The van der Waals surface area contributed by atoms with Gasteiger partial charge in [0.15, 0.2) is 0 Å². The quantitative estimate of drug-likeness (QED) is 0.382. The first-order chi connectivity index (χ1) is 18.7. The summed E-state index contributed by atoms with van der Waals surface area (Å²) in [5, 5.41) is 9.76. The van der Waals surface area contributed by atoms with E-state index in [0.717, 1.165) is 11.1 Å². The molecule has 0 bridgehead atoms. The first-order valence-electron chi connectivity index (χ1n) is 13.5. The lowest BCUT2D eigenvalue weighted by Crippen LogP contribution is -2.51. The van der Waals surface area contributed by atoms with Gasteiger partial charge in [-0.1, -0.05) is 41.9 Å². The summed E-state index contributed by atoms with van der Waals surface area (Å²) in [6.07, 6.45) is -3.36. The molecule has 3 unspecified atom stereocenters. The molecule has 0 radical (unpaired) electrons. The van der Waals surface area contributed by atoms with E-state index in [1.165, 1.54) is 12.1 Å². The highest BCUT2D eigenvalue weighted by atomic mass is 35.5. The number of aryl methyl sites for hydroxylation is 1. The van der Waals surface area contributed by atoms with E-state index < -0.39 is 40.4 Å². The van der Waals surface area contributed by atoms with Crippen molar-refractivity contribution in [3.63, 3.8) is 0 Å². The number of likely N-dealkylation sites (tertiary alicyclic amines) is 1. The number of carbonyl (C=O) groups excluding carboxylic acids is 1. The second-order valence-corrected chi connectivity index (χ2v) is 12.2. The van der Waals surface area contributed by atoms with E-state index in [1.54, 1.807) is 12.1 Å². The molecule has 40 heavy (non-hydrogen) atoms. The largest absolute Gasteiger partial charge is 0.479 e. The molecule has 3 aliphatic rings. The van der Waals surface area contributed by atoms with Crippen molar-refractivity contribution in [1.82, 2.24) is 4.90 Å². The monoisotopic (exact) mass is 583 g/mol. The Balaban J connectivity index is 1.50. The number of hydrogen-bond donors (Lipinski definition) is 1. The first-order valence-corrected chi connectivity index (χ1v) is 13.9. The first kappa shape index (κ1) is 28.8. The van der Waals surface area contributed by atoms with E-state index in [1.807, 2.05) is 23.1 Å². The Bertz CT molecular complexity index is 1320. The van der Waals surface area contributed by atoms with Crippen LogP contribution in [-0.4, -0.2) is 46.3 Å². The molecule has 5 rings (SSSR count). The molecule has 2 fully saturated rings. The Morgan fingerprint density at radius 2 is 1.75 bits per heavy atom. The minimum atomic E-state index is -5.06. The highest BCUT2D eigenvalue weighted by molar-refractivity contribution is 6.30. The van der Waals surface area contributed by atoms with Gasteiger partial charge >= 0.3 is 12.1 Å². The molecular weight excluding hydrogens is 553 g/mol. The molecule has 0 aromatic heterocycles. The van der Waals surface area contributed by atoms with E-state index in [-0.39, 0.29) is 37.6 Å². The molecule has 1 N–H and O–H groups in total. The van der Waals surface area contributed by atoms with Crippen molar-refractivity contribution in [2.75, 3.05) is 6.54 Å². The summed E-state index contributed by atoms with van der Waals surface area (Å²) in [4.78, 5) is 26.9. The van der Waals surface area contributed by atoms with E-state index in [9.17, 15) is 36.6 Å². The number of benzene rings is 2. The number of carboxylic acids is 1. The summed E-state index contributed by atoms with van der Waals surface area (Å²) in [6.45, 7) is 0.934. The lowest BCUT2D eigenvalue weighted by molar-refractivity contribution is -0.228.